The van der Waals surface area contributed by atoms with Gasteiger partial charge >= 0.3 is 0 Å². The van der Waals surface area contributed by atoms with Crippen molar-refractivity contribution in [3.8, 4) is 11.1 Å². The Balaban J connectivity index is 1.98. The number of anilines is 1. The van der Waals surface area contributed by atoms with Gasteiger partial charge in [-0.3, -0.25) is 4.79 Å². The summed E-state index contributed by atoms with van der Waals surface area (Å²) in [7, 11) is 0. The third-order valence-corrected chi connectivity index (χ3v) is 5.03. The van der Waals surface area contributed by atoms with Crippen LogP contribution in [0.4, 0.5) is 5.69 Å². The summed E-state index contributed by atoms with van der Waals surface area (Å²) < 4.78 is 0. The van der Waals surface area contributed by atoms with Crippen LogP contribution in [0.1, 0.15) is 15.2 Å². The summed E-state index contributed by atoms with van der Waals surface area (Å²) >= 11 is 13.7. The lowest BCUT2D eigenvalue weighted by atomic mass is 10.0. The van der Waals surface area contributed by atoms with Crippen molar-refractivity contribution in [3.05, 3.63) is 74.4 Å². The molecule has 3 rings (SSSR count). The van der Waals surface area contributed by atoms with Crippen LogP contribution in [0.5, 0.6) is 0 Å². The first-order chi connectivity index (χ1) is 11.1. The van der Waals surface area contributed by atoms with Crippen LogP contribution in [0.15, 0.2) is 53.9 Å². The fourth-order valence-corrected chi connectivity index (χ4v) is 3.65. The van der Waals surface area contributed by atoms with Crippen molar-refractivity contribution in [2.75, 3.05) is 5.32 Å². The first-order valence-electron chi connectivity index (χ1n) is 6.96. The van der Waals surface area contributed by atoms with E-state index in [1.807, 2.05) is 48.7 Å². The molecule has 0 atom stereocenters. The molecule has 0 aliphatic rings. The molecule has 0 unspecified atom stereocenters. The highest BCUT2D eigenvalue weighted by Crippen LogP contribution is 2.35. The molecule has 2 nitrogen and oxygen atoms in total. The minimum Gasteiger partial charge on any atom is -0.321 e. The first kappa shape index (κ1) is 16.1. The third-order valence-electron chi connectivity index (χ3n) is 3.46. The average molecular weight is 362 g/mol. The van der Waals surface area contributed by atoms with Gasteiger partial charge in [-0.15, -0.1) is 11.3 Å². The Bertz CT molecular complexity index is 873. The van der Waals surface area contributed by atoms with Crippen molar-refractivity contribution in [2.24, 2.45) is 0 Å². The Morgan fingerprint density at radius 3 is 2.52 bits per heavy atom. The first-order valence-corrected chi connectivity index (χ1v) is 8.59. The Morgan fingerprint density at radius 1 is 1.04 bits per heavy atom. The van der Waals surface area contributed by atoms with E-state index in [0.29, 0.717) is 14.9 Å². The van der Waals surface area contributed by atoms with Crippen molar-refractivity contribution < 1.29 is 4.79 Å². The topological polar surface area (TPSA) is 29.1 Å². The molecule has 0 aliphatic carbocycles. The molecular formula is C18H13Cl2NOS. The van der Waals surface area contributed by atoms with Crippen LogP contribution in [0.2, 0.25) is 10.0 Å². The summed E-state index contributed by atoms with van der Waals surface area (Å²) in [5, 5.41) is 6.01. The Kier molecular flexibility index (Phi) is 4.71. The van der Waals surface area contributed by atoms with Crippen LogP contribution >= 0.6 is 34.5 Å². The number of halogens is 2. The standard InChI is InChI=1S/C18H13Cl2NOS/c1-11-8-9-23-17(11)18(22)21-16-5-3-2-4-14(16)13-7-6-12(19)10-15(13)20/h2-10H,1H3,(H,21,22). The van der Waals surface area contributed by atoms with Gasteiger partial charge in [-0.25, -0.2) is 0 Å². The number of rotatable bonds is 3. The Labute approximate surface area is 148 Å². The quantitative estimate of drug-likeness (QED) is 0.583. The van der Waals surface area contributed by atoms with Gasteiger partial charge in [0.05, 0.1) is 4.88 Å². The van der Waals surface area contributed by atoms with Crippen molar-refractivity contribution in [1.29, 1.82) is 0 Å². The van der Waals surface area contributed by atoms with E-state index in [0.717, 1.165) is 22.4 Å². The summed E-state index contributed by atoms with van der Waals surface area (Å²) in [4.78, 5) is 13.2. The normalized spacial score (nSPS) is 10.6. The molecule has 23 heavy (non-hydrogen) atoms. The third kappa shape index (κ3) is 3.42. The van der Waals surface area contributed by atoms with Crippen LogP contribution in [0.3, 0.4) is 0 Å². The van der Waals surface area contributed by atoms with E-state index in [1.165, 1.54) is 11.3 Å². The number of amides is 1. The van der Waals surface area contributed by atoms with Gasteiger partial charge in [0.1, 0.15) is 0 Å². The van der Waals surface area contributed by atoms with Crippen LogP contribution in [-0.2, 0) is 0 Å². The van der Waals surface area contributed by atoms with Gasteiger partial charge in [0.15, 0.2) is 0 Å². The van der Waals surface area contributed by atoms with E-state index < -0.39 is 0 Å². The second kappa shape index (κ2) is 6.75. The van der Waals surface area contributed by atoms with Gasteiger partial charge < -0.3 is 5.32 Å². The second-order valence-corrected chi connectivity index (χ2v) is 6.82. The lowest BCUT2D eigenvalue weighted by Crippen LogP contribution is -2.12. The molecule has 1 aromatic heterocycles. The van der Waals surface area contributed by atoms with Crippen LogP contribution in [-0.4, -0.2) is 5.91 Å². The summed E-state index contributed by atoms with van der Waals surface area (Å²) in [6.07, 6.45) is 0. The maximum absolute atomic E-state index is 12.5. The van der Waals surface area contributed by atoms with E-state index in [-0.39, 0.29) is 5.91 Å². The van der Waals surface area contributed by atoms with Crippen LogP contribution in [0, 0.1) is 6.92 Å². The number of para-hydroxylation sites is 1. The van der Waals surface area contributed by atoms with E-state index in [4.69, 9.17) is 23.2 Å². The molecule has 1 heterocycles. The molecular weight excluding hydrogens is 349 g/mol. The summed E-state index contributed by atoms with van der Waals surface area (Å²) in [6, 6.07) is 14.8. The fraction of sp³-hybridized carbons (Fsp3) is 0.0556. The second-order valence-electron chi connectivity index (χ2n) is 5.06. The monoisotopic (exact) mass is 361 g/mol. The predicted molar refractivity (Wildman–Crippen MR) is 98.9 cm³/mol. The van der Waals surface area contributed by atoms with Gasteiger partial charge in [0, 0.05) is 26.9 Å². The molecule has 0 spiro atoms. The minimum atomic E-state index is -0.116. The van der Waals surface area contributed by atoms with Crippen LogP contribution in [0.25, 0.3) is 11.1 Å². The Morgan fingerprint density at radius 2 is 1.83 bits per heavy atom. The molecule has 0 fully saturated rings. The molecule has 0 bridgehead atoms. The lowest BCUT2D eigenvalue weighted by molar-refractivity contribution is 0.103. The molecule has 116 valence electrons. The summed E-state index contributed by atoms with van der Waals surface area (Å²) in [6.45, 7) is 1.92. The number of benzene rings is 2. The van der Waals surface area contributed by atoms with Crippen molar-refractivity contribution in [1.82, 2.24) is 0 Å². The largest absolute Gasteiger partial charge is 0.321 e. The zero-order valence-corrected chi connectivity index (χ0v) is 14.6. The van der Waals surface area contributed by atoms with Crippen LogP contribution < -0.4 is 5.32 Å². The lowest BCUT2D eigenvalue weighted by Gasteiger charge is -2.12. The van der Waals surface area contributed by atoms with E-state index in [2.05, 4.69) is 5.32 Å². The van der Waals surface area contributed by atoms with Gasteiger partial charge in [-0.2, -0.15) is 0 Å². The highest BCUT2D eigenvalue weighted by atomic mass is 35.5. The fourth-order valence-electron chi connectivity index (χ4n) is 2.32. The molecule has 0 radical (unpaired) electrons. The number of thiophene rings is 1. The van der Waals surface area contributed by atoms with Gasteiger partial charge in [-0.05, 0) is 42.1 Å². The number of nitrogens with one attached hydrogen (secondary N) is 1. The highest BCUT2D eigenvalue weighted by Gasteiger charge is 2.14. The van der Waals surface area contributed by atoms with Crippen molar-refractivity contribution in [2.45, 2.75) is 6.92 Å². The number of hydrogen-bond donors (Lipinski definition) is 1. The summed E-state index contributed by atoms with van der Waals surface area (Å²) in [5.41, 5.74) is 3.37. The SMILES string of the molecule is Cc1ccsc1C(=O)Nc1ccccc1-c1ccc(Cl)cc1Cl. The van der Waals surface area contributed by atoms with Gasteiger partial charge in [0.25, 0.3) is 5.91 Å². The highest BCUT2D eigenvalue weighted by molar-refractivity contribution is 7.12. The number of carbonyl (C=O) groups excluding carboxylic acids is 1. The van der Waals surface area contributed by atoms with Gasteiger partial charge in [-0.1, -0.05) is 47.5 Å². The van der Waals surface area contributed by atoms with Crippen molar-refractivity contribution >= 4 is 46.1 Å². The number of aryl methyl sites for hydroxylation is 1. The number of carbonyl (C=O) groups is 1. The summed E-state index contributed by atoms with van der Waals surface area (Å²) in [5.74, 6) is -0.116. The molecule has 0 aliphatic heterocycles. The average Bonchev–Trinajstić information content (AvgIpc) is 2.94. The Hall–Kier alpha value is -1.81. The van der Waals surface area contributed by atoms with Crippen molar-refractivity contribution in [3.63, 3.8) is 0 Å². The molecule has 1 N–H and O–H groups in total. The smallest absolute Gasteiger partial charge is 0.266 e. The number of hydrogen-bond acceptors (Lipinski definition) is 2. The van der Waals surface area contributed by atoms with Gasteiger partial charge in [0.2, 0.25) is 0 Å². The maximum Gasteiger partial charge on any atom is 0.266 e. The molecule has 0 saturated heterocycles. The zero-order chi connectivity index (χ0) is 16.4. The molecule has 3 aromatic rings. The minimum absolute atomic E-state index is 0.116. The van der Waals surface area contributed by atoms with E-state index in [9.17, 15) is 4.79 Å². The maximum atomic E-state index is 12.5. The molecule has 1 amide bonds. The molecule has 5 heteroatoms. The van der Waals surface area contributed by atoms with E-state index in [1.54, 1.807) is 12.1 Å². The molecule has 0 saturated carbocycles. The van der Waals surface area contributed by atoms with E-state index >= 15 is 0 Å². The predicted octanol–water partition coefficient (Wildman–Crippen LogP) is 6.28. The zero-order valence-electron chi connectivity index (χ0n) is 12.3. The molecule has 2 aromatic carbocycles.